The fourth-order valence-electron chi connectivity index (χ4n) is 4.47. The number of fused-ring (bicyclic) bond motifs is 1. The Bertz CT molecular complexity index is 1070. The Labute approximate surface area is 196 Å². The molecule has 4 rings (SSSR count). The van der Waals surface area contributed by atoms with Gasteiger partial charge in [-0.05, 0) is 31.5 Å². The lowest BCUT2D eigenvalue weighted by Crippen LogP contribution is -2.42. The molecular weight excluding hydrogens is 451 g/mol. The van der Waals surface area contributed by atoms with E-state index in [-0.39, 0.29) is 31.0 Å². The topological polar surface area (TPSA) is 74.1 Å². The van der Waals surface area contributed by atoms with Gasteiger partial charge in [0.2, 0.25) is 0 Å². The summed E-state index contributed by atoms with van der Waals surface area (Å²) in [6.07, 6.45) is -4.53. The van der Waals surface area contributed by atoms with Crippen LogP contribution in [-0.2, 0) is 24.1 Å². The highest BCUT2D eigenvalue weighted by Gasteiger charge is 2.41. The first-order chi connectivity index (χ1) is 15.9. The Morgan fingerprint density at radius 2 is 2.00 bits per heavy atom. The lowest BCUT2D eigenvalue weighted by molar-refractivity contribution is -0.138. The molecule has 1 aromatic heterocycles. The molecule has 11 heteroatoms. The number of anilines is 1. The number of rotatable bonds is 5. The van der Waals surface area contributed by atoms with Gasteiger partial charge in [-0.25, -0.2) is 5.06 Å². The zero-order valence-electron chi connectivity index (χ0n) is 19.8. The van der Waals surface area contributed by atoms with Crippen LogP contribution < -0.4 is 4.90 Å². The van der Waals surface area contributed by atoms with Gasteiger partial charge in [-0.2, -0.15) is 18.3 Å². The van der Waals surface area contributed by atoms with Gasteiger partial charge in [-0.3, -0.25) is 19.2 Å². The van der Waals surface area contributed by atoms with Crippen LogP contribution in [0.25, 0.3) is 0 Å². The van der Waals surface area contributed by atoms with E-state index in [2.05, 4.69) is 18.9 Å². The maximum atomic E-state index is 13.7. The smallest absolute Gasteiger partial charge is 0.386 e. The molecule has 0 radical (unpaired) electrons. The molecular formula is C23H30F3N5O3. The molecule has 3 heterocycles. The Hall–Kier alpha value is -2.63. The van der Waals surface area contributed by atoms with Crippen LogP contribution >= 0.6 is 0 Å². The number of hydrogen-bond donors (Lipinski definition) is 1. The molecule has 0 spiro atoms. The minimum atomic E-state index is -4.53. The van der Waals surface area contributed by atoms with E-state index >= 15 is 0 Å². The van der Waals surface area contributed by atoms with E-state index in [1.54, 1.807) is 6.92 Å². The summed E-state index contributed by atoms with van der Waals surface area (Å²) in [5.74, 6) is 0.369. The number of β-amino-alcohol motifs (C(OH)–C–C–N with tert-alkyl or cyclic N) is 1. The maximum absolute atomic E-state index is 13.7. The van der Waals surface area contributed by atoms with Crippen molar-refractivity contribution in [3.05, 3.63) is 46.6 Å². The summed E-state index contributed by atoms with van der Waals surface area (Å²) in [5, 5.41) is 16.0. The number of aliphatic hydroxyl groups is 1. The molecule has 1 N–H and O–H groups in total. The number of carbonyl (C=O) groups is 1. The zero-order valence-corrected chi connectivity index (χ0v) is 19.8. The number of nitrogens with zero attached hydrogens (tertiary/aromatic N) is 5. The number of amides is 1. The molecule has 1 saturated heterocycles. The van der Waals surface area contributed by atoms with Crippen LogP contribution in [0.5, 0.6) is 0 Å². The third-order valence-electron chi connectivity index (χ3n) is 5.84. The van der Waals surface area contributed by atoms with Crippen LogP contribution in [0, 0.1) is 5.92 Å². The number of hydrogen-bond acceptors (Lipinski definition) is 6. The molecule has 1 aromatic carbocycles. The van der Waals surface area contributed by atoms with Crippen molar-refractivity contribution in [2.45, 2.75) is 45.6 Å². The summed E-state index contributed by atoms with van der Waals surface area (Å²) >= 11 is 0. The van der Waals surface area contributed by atoms with Gasteiger partial charge in [0.25, 0.3) is 5.91 Å². The van der Waals surface area contributed by atoms with Crippen LogP contribution in [0.1, 0.15) is 48.0 Å². The fourth-order valence-corrected chi connectivity index (χ4v) is 4.47. The molecule has 34 heavy (non-hydrogen) atoms. The van der Waals surface area contributed by atoms with Crippen molar-refractivity contribution >= 4 is 11.7 Å². The van der Waals surface area contributed by atoms with E-state index in [1.165, 1.54) is 22.9 Å². The quantitative estimate of drug-likeness (QED) is 0.708. The average molecular weight is 482 g/mol. The fraction of sp³-hybridized carbons (Fsp3) is 0.565. The van der Waals surface area contributed by atoms with Crippen molar-refractivity contribution < 1.29 is 27.9 Å². The number of alkyl halides is 3. The predicted molar refractivity (Wildman–Crippen MR) is 119 cm³/mol. The van der Waals surface area contributed by atoms with Crippen molar-refractivity contribution in [1.29, 1.82) is 0 Å². The summed E-state index contributed by atoms with van der Waals surface area (Å²) < 4.78 is 42.3. The van der Waals surface area contributed by atoms with Crippen LogP contribution in [0.15, 0.2) is 24.3 Å². The first kappa shape index (κ1) is 24.5. The van der Waals surface area contributed by atoms with E-state index in [9.17, 15) is 23.1 Å². The van der Waals surface area contributed by atoms with Crippen molar-refractivity contribution in [3.63, 3.8) is 0 Å². The summed E-state index contributed by atoms with van der Waals surface area (Å²) in [6.45, 7) is 7.05. The van der Waals surface area contributed by atoms with E-state index in [0.29, 0.717) is 37.1 Å². The monoisotopic (exact) mass is 481 g/mol. The molecule has 0 bridgehead atoms. The lowest BCUT2D eigenvalue weighted by Gasteiger charge is -2.34. The first-order valence-corrected chi connectivity index (χ1v) is 11.2. The molecule has 1 fully saturated rings. The van der Waals surface area contributed by atoms with E-state index in [1.807, 2.05) is 16.8 Å². The Morgan fingerprint density at radius 3 is 2.62 bits per heavy atom. The summed E-state index contributed by atoms with van der Waals surface area (Å²) in [7, 11) is 1.91. The Morgan fingerprint density at radius 1 is 1.29 bits per heavy atom. The molecule has 1 atom stereocenters. The van der Waals surface area contributed by atoms with Crippen molar-refractivity contribution in [3.8, 4) is 0 Å². The number of carbonyl (C=O) groups excluding carboxylic acids is 1. The Balaban J connectivity index is 1.81. The molecule has 0 unspecified atom stereocenters. The normalized spacial score (nSPS) is 21.4. The van der Waals surface area contributed by atoms with Gasteiger partial charge in [-0.1, -0.05) is 32.0 Å². The SMILES string of the molecule is CC(C)CN1CN(C)Cc2c1nn(Cc1ccccc1C(F)(F)F)c2C(=O)N1C[C@](C)(O)CO1. The maximum Gasteiger partial charge on any atom is 0.416 e. The molecule has 1 amide bonds. The van der Waals surface area contributed by atoms with Gasteiger partial charge in [0, 0.05) is 18.7 Å². The summed E-state index contributed by atoms with van der Waals surface area (Å²) in [5.41, 5.74) is -1.14. The number of benzene rings is 1. The third kappa shape index (κ3) is 4.91. The van der Waals surface area contributed by atoms with E-state index in [0.717, 1.165) is 11.1 Å². The molecule has 8 nitrogen and oxygen atoms in total. The number of aromatic nitrogens is 2. The van der Waals surface area contributed by atoms with Gasteiger partial charge >= 0.3 is 6.18 Å². The third-order valence-corrected chi connectivity index (χ3v) is 5.84. The summed E-state index contributed by atoms with van der Waals surface area (Å²) in [6, 6.07) is 5.30. The van der Waals surface area contributed by atoms with Gasteiger partial charge in [-0.15, -0.1) is 0 Å². The molecule has 2 aliphatic rings. The van der Waals surface area contributed by atoms with Gasteiger partial charge in [0.05, 0.1) is 25.3 Å². The average Bonchev–Trinajstić information content (AvgIpc) is 3.26. The Kier molecular flexibility index (Phi) is 6.38. The van der Waals surface area contributed by atoms with Crippen LogP contribution in [0.3, 0.4) is 0 Å². The molecule has 0 aliphatic carbocycles. The second-order valence-electron chi connectivity index (χ2n) is 9.85. The van der Waals surface area contributed by atoms with Gasteiger partial charge < -0.3 is 10.0 Å². The van der Waals surface area contributed by atoms with Crippen LogP contribution in [0.4, 0.5) is 19.0 Å². The number of hydroxylamine groups is 2. The first-order valence-electron chi connectivity index (χ1n) is 11.2. The molecule has 2 aromatic rings. The lowest BCUT2D eigenvalue weighted by atomic mass is 10.1. The highest BCUT2D eigenvalue weighted by molar-refractivity contribution is 5.95. The predicted octanol–water partition coefficient (Wildman–Crippen LogP) is 2.95. The van der Waals surface area contributed by atoms with Crippen LogP contribution in [0.2, 0.25) is 0 Å². The minimum absolute atomic E-state index is 0.0157. The van der Waals surface area contributed by atoms with Crippen molar-refractivity contribution in [1.82, 2.24) is 19.7 Å². The highest BCUT2D eigenvalue weighted by atomic mass is 19.4. The standard InChI is InChI=1S/C23H30F3N5O3/c1-15(2)9-29-14-28(4)11-17-19(21(32)31-12-22(3,33)13-34-31)30(27-20(17)29)10-16-7-5-6-8-18(16)23(24,25)26/h5-8,15,33H,9-14H2,1-4H3/t22-/m0/s1. The zero-order chi connectivity index (χ0) is 24.8. The van der Waals surface area contributed by atoms with E-state index < -0.39 is 23.2 Å². The van der Waals surface area contributed by atoms with Crippen molar-refractivity contribution in [2.24, 2.45) is 5.92 Å². The van der Waals surface area contributed by atoms with Crippen LogP contribution in [-0.4, -0.2) is 69.8 Å². The van der Waals surface area contributed by atoms with E-state index in [4.69, 9.17) is 4.84 Å². The number of halogens is 3. The summed E-state index contributed by atoms with van der Waals surface area (Å²) in [4.78, 5) is 23.1. The highest BCUT2D eigenvalue weighted by Crippen LogP contribution is 2.35. The molecule has 2 aliphatic heterocycles. The molecule has 186 valence electrons. The van der Waals surface area contributed by atoms with Gasteiger partial charge in [0.1, 0.15) is 17.9 Å². The largest absolute Gasteiger partial charge is 0.416 e. The van der Waals surface area contributed by atoms with Crippen molar-refractivity contribution in [2.75, 3.05) is 38.3 Å². The second kappa shape index (κ2) is 8.86. The molecule has 0 saturated carbocycles. The van der Waals surface area contributed by atoms with Gasteiger partial charge in [0.15, 0.2) is 5.82 Å². The second-order valence-corrected chi connectivity index (χ2v) is 9.85. The minimum Gasteiger partial charge on any atom is -0.386 e.